The molecule has 0 fully saturated rings. The summed E-state index contributed by atoms with van der Waals surface area (Å²) in [7, 11) is 0. The standard InChI is InChI=1S/2C22H12FN2.C5H8O2.Ir/c2*23-15-11-9-14(10-12-15)20-13-24-21-18-7-3-1-5-16(18)17-6-2-4-8-19(17)22(21)25-20;1-4(6)3-5(2)7;/h2*1-6,8-13H;3,6H,1-2H3;/q2*-1;;/b;;4-3-;. The predicted molar refractivity (Wildman–Crippen MR) is 225 cm³/mol. The number of halogens is 2. The fraction of sp³-hybridized carbons (Fsp3) is 0.0408. The van der Waals surface area contributed by atoms with Crippen LogP contribution in [0.25, 0.3) is 87.7 Å². The first-order chi connectivity index (χ1) is 27.7. The van der Waals surface area contributed by atoms with E-state index in [1.165, 1.54) is 44.2 Å². The molecule has 0 amide bonds. The van der Waals surface area contributed by atoms with Crippen molar-refractivity contribution in [2.24, 2.45) is 0 Å². The zero-order valence-electron chi connectivity index (χ0n) is 31.2. The van der Waals surface area contributed by atoms with Crippen molar-refractivity contribution < 1.29 is 38.8 Å². The molecule has 8 aromatic carbocycles. The second-order valence-corrected chi connectivity index (χ2v) is 13.3. The van der Waals surface area contributed by atoms with Crippen LogP contribution in [-0.2, 0) is 24.9 Å². The van der Waals surface area contributed by atoms with E-state index >= 15 is 0 Å². The van der Waals surface area contributed by atoms with Gasteiger partial charge in [0, 0.05) is 60.7 Å². The molecule has 0 bridgehead atoms. The molecular formula is C49H32F2IrN4O2-2. The number of aliphatic hydroxyl groups is 1. The van der Waals surface area contributed by atoms with Crippen LogP contribution >= 0.6 is 0 Å². The molecule has 0 aliphatic rings. The molecule has 285 valence electrons. The second kappa shape index (κ2) is 17.1. The third-order valence-corrected chi connectivity index (χ3v) is 9.37. The summed E-state index contributed by atoms with van der Waals surface area (Å²) in [6.45, 7) is 2.85. The van der Waals surface area contributed by atoms with Crippen molar-refractivity contribution in [3.8, 4) is 22.5 Å². The van der Waals surface area contributed by atoms with Gasteiger partial charge in [-0.3, -0.25) is 14.8 Å². The van der Waals surface area contributed by atoms with E-state index in [0.29, 0.717) is 0 Å². The summed E-state index contributed by atoms with van der Waals surface area (Å²) in [4.78, 5) is 29.1. The molecule has 2 heterocycles. The van der Waals surface area contributed by atoms with Crippen molar-refractivity contribution in [2.75, 3.05) is 0 Å². The van der Waals surface area contributed by atoms with Gasteiger partial charge in [0.25, 0.3) is 0 Å². The average Bonchev–Trinajstić information content (AvgIpc) is 3.24. The van der Waals surface area contributed by atoms with Gasteiger partial charge in [-0.1, -0.05) is 70.1 Å². The van der Waals surface area contributed by atoms with Crippen LogP contribution < -0.4 is 0 Å². The molecule has 0 atom stereocenters. The normalized spacial score (nSPS) is 11.2. The fourth-order valence-corrected chi connectivity index (χ4v) is 6.90. The first-order valence-corrected chi connectivity index (χ1v) is 18.1. The summed E-state index contributed by atoms with van der Waals surface area (Å²) in [5.41, 5.74) is 6.50. The third kappa shape index (κ3) is 8.04. The van der Waals surface area contributed by atoms with E-state index in [0.717, 1.165) is 87.7 Å². The van der Waals surface area contributed by atoms with Crippen molar-refractivity contribution in [3.05, 3.63) is 181 Å². The number of rotatable bonds is 3. The number of aliphatic hydroxyl groups excluding tert-OH is 1. The van der Waals surface area contributed by atoms with Crippen LogP contribution in [-0.4, -0.2) is 30.8 Å². The van der Waals surface area contributed by atoms with Crippen LogP contribution in [0.2, 0.25) is 0 Å². The summed E-state index contributed by atoms with van der Waals surface area (Å²) in [5.74, 6) is -0.584. The molecule has 6 nitrogen and oxygen atoms in total. The van der Waals surface area contributed by atoms with Crippen molar-refractivity contribution in [3.63, 3.8) is 0 Å². The number of benzene rings is 8. The van der Waals surface area contributed by atoms with Gasteiger partial charge in [-0.15, -0.1) is 59.3 Å². The molecule has 1 radical (unpaired) electrons. The van der Waals surface area contributed by atoms with Gasteiger partial charge in [0.1, 0.15) is 11.6 Å². The van der Waals surface area contributed by atoms with Crippen LogP contribution in [0.1, 0.15) is 13.8 Å². The molecule has 0 aliphatic carbocycles. The first kappa shape index (κ1) is 39.4. The molecule has 9 heteroatoms. The topological polar surface area (TPSA) is 88.9 Å². The number of aromatic nitrogens is 4. The van der Waals surface area contributed by atoms with Crippen molar-refractivity contribution in [1.29, 1.82) is 0 Å². The Labute approximate surface area is 345 Å². The minimum Gasteiger partial charge on any atom is -0.512 e. The van der Waals surface area contributed by atoms with Gasteiger partial charge in [0.2, 0.25) is 0 Å². The van der Waals surface area contributed by atoms with Crippen molar-refractivity contribution >= 4 is 70.9 Å². The van der Waals surface area contributed by atoms with Crippen LogP contribution in [0.15, 0.2) is 158 Å². The van der Waals surface area contributed by atoms with Crippen molar-refractivity contribution in [2.45, 2.75) is 13.8 Å². The predicted octanol–water partition coefficient (Wildman–Crippen LogP) is 12.1. The Morgan fingerprint density at radius 2 is 0.914 bits per heavy atom. The van der Waals surface area contributed by atoms with Crippen LogP contribution in [0.3, 0.4) is 0 Å². The number of allylic oxidation sites excluding steroid dienone is 2. The average molecular weight is 939 g/mol. The van der Waals surface area contributed by atoms with Crippen LogP contribution in [0, 0.1) is 23.8 Å². The second-order valence-electron chi connectivity index (χ2n) is 13.3. The number of hydrogen-bond acceptors (Lipinski definition) is 6. The molecule has 0 saturated carbocycles. The van der Waals surface area contributed by atoms with Gasteiger partial charge in [-0.05, 0) is 73.2 Å². The Balaban J connectivity index is 0.000000150. The Bertz CT molecular complexity index is 2880. The maximum absolute atomic E-state index is 13.2. The van der Waals surface area contributed by atoms with E-state index in [9.17, 15) is 13.6 Å². The number of nitrogens with zero attached hydrogens (tertiary/aromatic N) is 4. The fourth-order valence-electron chi connectivity index (χ4n) is 6.90. The Kier molecular flexibility index (Phi) is 11.7. The zero-order valence-corrected chi connectivity index (χ0v) is 33.6. The molecule has 0 unspecified atom stereocenters. The Hall–Kier alpha value is -6.80. The zero-order chi connectivity index (χ0) is 39.5. The van der Waals surface area contributed by atoms with E-state index in [2.05, 4.69) is 58.5 Å². The SMILES string of the molecule is CC(=O)/C=C(/C)O.Fc1ccc(-c2cnc3c4[c-]cccc4c4ccccc4c3n2)cc1.Fc1ccc(-c2cnc3c4[c-]cccc4c4ccccc4c3n2)cc1.[Ir]. The molecule has 58 heavy (non-hydrogen) atoms. The number of carbonyl (C=O) groups is 1. The van der Waals surface area contributed by atoms with Crippen LogP contribution in [0.5, 0.6) is 0 Å². The number of carbonyl (C=O) groups excluding carboxylic acids is 1. The van der Waals surface area contributed by atoms with E-state index < -0.39 is 0 Å². The third-order valence-electron chi connectivity index (χ3n) is 9.37. The number of fused-ring (bicyclic) bond motifs is 12. The summed E-state index contributed by atoms with van der Waals surface area (Å²) in [6.07, 6.45) is 4.65. The molecule has 1 N–H and O–H groups in total. The molecule has 10 aromatic rings. The largest absolute Gasteiger partial charge is 0.512 e. The van der Waals surface area contributed by atoms with Crippen LogP contribution in [0.4, 0.5) is 8.78 Å². The summed E-state index contributed by atoms with van der Waals surface area (Å²) in [5, 5.41) is 16.9. The van der Waals surface area contributed by atoms with E-state index in [1.807, 2.05) is 48.5 Å². The van der Waals surface area contributed by atoms with Crippen molar-refractivity contribution in [1.82, 2.24) is 19.9 Å². The monoisotopic (exact) mass is 939 g/mol. The van der Waals surface area contributed by atoms with Gasteiger partial charge in [-0.2, -0.15) is 0 Å². The van der Waals surface area contributed by atoms with E-state index in [1.54, 1.807) is 36.7 Å². The quantitative estimate of drug-likeness (QED) is 0.0822. The van der Waals surface area contributed by atoms with Gasteiger partial charge in [0.05, 0.1) is 28.2 Å². The van der Waals surface area contributed by atoms with Gasteiger partial charge >= 0.3 is 0 Å². The van der Waals surface area contributed by atoms with E-state index in [4.69, 9.17) is 15.1 Å². The Morgan fingerprint density at radius 1 is 0.534 bits per heavy atom. The molecule has 10 rings (SSSR count). The molecule has 0 saturated heterocycles. The van der Waals surface area contributed by atoms with E-state index in [-0.39, 0.29) is 43.3 Å². The van der Waals surface area contributed by atoms with Gasteiger partial charge < -0.3 is 15.1 Å². The number of ketones is 1. The summed E-state index contributed by atoms with van der Waals surface area (Å²) < 4.78 is 26.4. The molecular weight excluding hydrogens is 907 g/mol. The summed E-state index contributed by atoms with van der Waals surface area (Å²) in [6, 6.07) is 47.6. The van der Waals surface area contributed by atoms with Gasteiger partial charge in [-0.25, -0.2) is 8.78 Å². The minimum absolute atomic E-state index is 0. The molecule has 2 aromatic heterocycles. The first-order valence-electron chi connectivity index (χ1n) is 18.1. The van der Waals surface area contributed by atoms with Gasteiger partial charge in [0.15, 0.2) is 5.78 Å². The summed E-state index contributed by atoms with van der Waals surface area (Å²) >= 11 is 0. The maximum Gasteiger partial charge on any atom is 0.155 e. The smallest absolute Gasteiger partial charge is 0.155 e. The molecule has 0 spiro atoms. The molecule has 0 aliphatic heterocycles. The minimum atomic E-state index is -0.261. The number of hydrogen-bond donors (Lipinski definition) is 1. The maximum atomic E-state index is 13.2. The Morgan fingerprint density at radius 3 is 1.28 bits per heavy atom.